The van der Waals surface area contributed by atoms with Crippen molar-refractivity contribution in [3.05, 3.63) is 35.6 Å². The molecule has 116 valence electrons. The summed E-state index contributed by atoms with van der Waals surface area (Å²) >= 11 is 0. The summed E-state index contributed by atoms with van der Waals surface area (Å²) < 4.78 is 17.8. The molecule has 1 unspecified atom stereocenters. The second kappa shape index (κ2) is 7.06. The highest BCUT2D eigenvalue weighted by Gasteiger charge is 2.21. The lowest BCUT2D eigenvalue weighted by atomic mass is 9.99. The van der Waals surface area contributed by atoms with Crippen molar-refractivity contribution in [2.75, 3.05) is 6.54 Å². The molecule has 0 heterocycles. The molecule has 0 aliphatic heterocycles. The minimum atomic E-state index is -1.03. The van der Waals surface area contributed by atoms with Gasteiger partial charge in [-0.25, -0.2) is 9.18 Å². The molecule has 5 nitrogen and oxygen atoms in total. The Balaban J connectivity index is 2.56. The first-order valence-electron chi connectivity index (χ1n) is 6.61. The zero-order valence-corrected chi connectivity index (χ0v) is 12.4. The Morgan fingerprint density at radius 2 is 1.86 bits per heavy atom. The van der Waals surface area contributed by atoms with E-state index in [0.29, 0.717) is 5.56 Å². The predicted molar refractivity (Wildman–Crippen MR) is 75.5 cm³/mol. The predicted octanol–water partition coefficient (Wildman–Crippen LogP) is 2.59. The van der Waals surface area contributed by atoms with Crippen LogP contribution in [-0.4, -0.2) is 29.3 Å². The molecule has 0 saturated carbocycles. The molecule has 6 heteroatoms. The molecule has 0 spiro atoms. The van der Waals surface area contributed by atoms with Gasteiger partial charge in [-0.2, -0.15) is 0 Å². The van der Waals surface area contributed by atoms with Gasteiger partial charge in [0, 0.05) is 6.54 Å². The second-order valence-electron chi connectivity index (χ2n) is 5.75. The molecule has 0 aromatic heterocycles. The molecule has 21 heavy (non-hydrogen) atoms. The third-order valence-electron chi connectivity index (χ3n) is 2.64. The van der Waals surface area contributed by atoms with Gasteiger partial charge < -0.3 is 15.2 Å². The first kappa shape index (κ1) is 16.9. The molecule has 0 aliphatic carbocycles. The maximum atomic E-state index is 12.8. The van der Waals surface area contributed by atoms with Crippen molar-refractivity contribution in [1.82, 2.24) is 5.32 Å². The Morgan fingerprint density at radius 3 is 2.33 bits per heavy atom. The molecule has 2 N–H and O–H groups in total. The Morgan fingerprint density at radius 1 is 1.29 bits per heavy atom. The van der Waals surface area contributed by atoms with E-state index in [-0.39, 0.29) is 18.8 Å². The summed E-state index contributed by atoms with van der Waals surface area (Å²) in [5.41, 5.74) is 0.0505. The molecule has 0 bridgehead atoms. The van der Waals surface area contributed by atoms with E-state index < -0.39 is 23.6 Å². The second-order valence-corrected chi connectivity index (χ2v) is 5.75. The maximum Gasteiger partial charge on any atom is 0.407 e. The fraction of sp³-hybridized carbons (Fsp3) is 0.467. The minimum Gasteiger partial charge on any atom is -0.481 e. The average molecular weight is 297 g/mol. The number of carboxylic acid groups (broad SMARTS) is 1. The van der Waals surface area contributed by atoms with E-state index in [1.165, 1.54) is 24.3 Å². The molecule has 1 rings (SSSR count). The number of rotatable bonds is 5. The van der Waals surface area contributed by atoms with Gasteiger partial charge in [0.15, 0.2) is 0 Å². The zero-order chi connectivity index (χ0) is 16.0. The molecule has 1 atom stereocenters. The summed E-state index contributed by atoms with van der Waals surface area (Å²) in [4.78, 5) is 22.7. The number of nitrogens with one attached hydrogen (secondary N) is 1. The summed E-state index contributed by atoms with van der Waals surface area (Å²) in [7, 11) is 0. The number of hydrogen-bond acceptors (Lipinski definition) is 3. The molecule has 1 aromatic rings. The number of ether oxygens (including phenoxy) is 1. The molecular formula is C15H20FNO4. The van der Waals surface area contributed by atoms with Gasteiger partial charge in [0.2, 0.25) is 0 Å². The Bertz CT molecular complexity index is 493. The van der Waals surface area contributed by atoms with Gasteiger partial charge in [0.25, 0.3) is 0 Å². The first-order chi connectivity index (χ1) is 9.67. The standard InChI is InChI=1S/C15H20FNO4/c1-15(2,3)21-14(20)17-9-11(13(18)19)8-10-4-6-12(16)7-5-10/h4-7,11H,8-9H2,1-3H3,(H,17,20)(H,18,19). The maximum absolute atomic E-state index is 12.8. The fourth-order valence-corrected chi connectivity index (χ4v) is 1.67. The van der Waals surface area contributed by atoms with Gasteiger partial charge in [-0.1, -0.05) is 12.1 Å². The third kappa shape index (κ3) is 6.74. The number of carbonyl (C=O) groups is 2. The van der Waals surface area contributed by atoms with E-state index in [9.17, 15) is 14.0 Å². The van der Waals surface area contributed by atoms with Gasteiger partial charge in [0.1, 0.15) is 11.4 Å². The normalized spacial score (nSPS) is 12.6. The lowest BCUT2D eigenvalue weighted by Crippen LogP contribution is -2.37. The van der Waals surface area contributed by atoms with Crippen LogP contribution in [0.15, 0.2) is 24.3 Å². The fourth-order valence-electron chi connectivity index (χ4n) is 1.67. The summed E-state index contributed by atoms with van der Waals surface area (Å²) in [5, 5.41) is 11.6. The van der Waals surface area contributed by atoms with Crippen molar-refractivity contribution >= 4 is 12.1 Å². The molecular weight excluding hydrogens is 277 g/mol. The van der Waals surface area contributed by atoms with Crippen LogP contribution < -0.4 is 5.32 Å². The first-order valence-corrected chi connectivity index (χ1v) is 6.61. The highest BCUT2D eigenvalue weighted by atomic mass is 19.1. The number of carbonyl (C=O) groups excluding carboxylic acids is 1. The number of hydrogen-bond donors (Lipinski definition) is 2. The van der Waals surface area contributed by atoms with Crippen molar-refractivity contribution in [3.63, 3.8) is 0 Å². The summed E-state index contributed by atoms with van der Waals surface area (Å²) in [6.07, 6.45) is -0.460. The SMILES string of the molecule is CC(C)(C)OC(=O)NCC(Cc1ccc(F)cc1)C(=O)O. The van der Waals surface area contributed by atoms with Crippen LogP contribution in [0.25, 0.3) is 0 Å². The number of halogens is 1. The van der Waals surface area contributed by atoms with Crippen molar-refractivity contribution in [1.29, 1.82) is 0 Å². The summed E-state index contributed by atoms with van der Waals surface area (Å²) in [6.45, 7) is 5.11. The number of amides is 1. The van der Waals surface area contributed by atoms with E-state index in [4.69, 9.17) is 9.84 Å². The summed E-state index contributed by atoms with van der Waals surface area (Å²) in [5.74, 6) is -2.21. The highest BCUT2D eigenvalue weighted by Crippen LogP contribution is 2.11. The van der Waals surface area contributed by atoms with Gasteiger partial charge in [-0.15, -0.1) is 0 Å². The number of benzene rings is 1. The number of aliphatic carboxylic acids is 1. The van der Waals surface area contributed by atoms with Crippen LogP contribution in [0.2, 0.25) is 0 Å². The van der Waals surface area contributed by atoms with E-state index in [1.807, 2.05) is 0 Å². The van der Waals surface area contributed by atoms with Crippen LogP contribution in [0.4, 0.5) is 9.18 Å². The van der Waals surface area contributed by atoms with Crippen LogP contribution in [0.3, 0.4) is 0 Å². The quantitative estimate of drug-likeness (QED) is 0.876. The molecule has 1 aromatic carbocycles. The van der Waals surface area contributed by atoms with Gasteiger partial charge in [-0.05, 0) is 44.9 Å². The van der Waals surface area contributed by atoms with Crippen molar-refractivity contribution in [2.45, 2.75) is 32.8 Å². The third-order valence-corrected chi connectivity index (χ3v) is 2.64. The molecule has 0 saturated heterocycles. The molecule has 0 aliphatic rings. The van der Waals surface area contributed by atoms with Crippen molar-refractivity contribution < 1.29 is 23.8 Å². The highest BCUT2D eigenvalue weighted by molar-refractivity contribution is 5.73. The van der Waals surface area contributed by atoms with Crippen LogP contribution in [0.5, 0.6) is 0 Å². The zero-order valence-electron chi connectivity index (χ0n) is 12.4. The molecule has 0 radical (unpaired) electrons. The van der Waals surface area contributed by atoms with E-state index in [0.717, 1.165) is 0 Å². The largest absolute Gasteiger partial charge is 0.481 e. The lowest BCUT2D eigenvalue weighted by Gasteiger charge is -2.20. The minimum absolute atomic E-state index is 0.0539. The summed E-state index contributed by atoms with van der Waals surface area (Å²) in [6, 6.07) is 5.60. The van der Waals surface area contributed by atoms with Gasteiger partial charge >= 0.3 is 12.1 Å². The lowest BCUT2D eigenvalue weighted by molar-refractivity contribution is -0.141. The Labute approximate surface area is 123 Å². The van der Waals surface area contributed by atoms with Crippen LogP contribution in [0.1, 0.15) is 26.3 Å². The topological polar surface area (TPSA) is 75.6 Å². The van der Waals surface area contributed by atoms with Crippen LogP contribution >= 0.6 is 0 Å². The van der Waals surface area contributed by atoms with Gasteiger partial charge in [-0.3, -0.25) is 4.79 Å². The van der Waals surface area contributed by atoms with Gasteiger partial charge in [0.05, 0.1) is 5.92 Å². The van der Waals surface area contributed by atoms with Crippen LogP contribution in [0, 0.1) is 11.7 Å². The van der Waals surface area contributed by atoms with Crippen molar-refractivity contribution in [2.24, 2.45) is 5.92 Å². The Kier molecular flexibility index (Phi) is 5.69. The van der Waals surface area contributed by atoms with Crippen molar-refractivity contribution in [3.8, 4) is 0 Å². The Hall–Kier alpha value is -2.11. The number of alkyl carbamates (subject to hydrolysis) is 1. The van der Waals surface area contributed by atoms with E-state index >= 15 is 0 Å². The smallest absolute Gasteiger partial charge is 0.407 e. The molecule has 1 amide bonds. The molecule has 0 fully saturated rings. The van der Waals surface area contributed by atoms with Crippen LogP contribution in [-0.2, 0) is 16.0 Å². The average Bonchev–Trinajstić information content (AvgIpc) is 2.34. The monoisotopic (exact) mass is 297 g/mol. The number of carboxylic acids is 1. The van der Waals surface area contributed by atoms with E-state index in [1.54, 1.807) is 20.8 Å². The van der Waals surface area contributed by atoms with E-state index in [2.05, 4.69) is 5.32 Å².